The lowest BCUT2D eigenvalue weighted by molar-refractivity contribution is -0.187. The van der Waals surface area contributed by atoms with E-state index < -0.39 is 17.9 Å². The molecule has 0 N–H and O–H groups in total. The molecule has 1 atom stereocenters. The first-order chi connectivity index (χ1) is 19.7. The Hall–Kier alpha value is -3.17. The first-order valence-corrected chi connectivity index (χ1v) is 14.7. The topological polar surface area (TPSA) is 58.6 Å². The second kappa shape index (κ2) is 12.8. The van der Waals surface area contributed by atoms with Gasteiger partial charge >= 0.3 is 6.18 Å². The number of amides is 1. The number of allylic oxidation sites excluding steroid dienone is 2. The van der Waals surface area contributed by atoms with E-state index in [0.717, 1.165) is 55.0 Å². The number of ether oxygens (including phenoxy) is 1. The van der Waals surface area contributed by atoms with Gasteiger partial charge < -0.3 is 14.5 Å². The molecule has 10 heteroatoms. The SMILES string of the molecule is CCc1cnc(N2CCC(COc3ccc(C4=CCC(C(=O)N5CCC(C(F)(F)F)CC5)CC4)cc3F)CC2)nc1. The van der Waals surface area contributed by atoms with Crippen LogP contribution in [-0.2, 0) is 11.2 Å². The average Bonchev–Trinajstić information content (AvgIpc) is 3.00. The first kappa shape index (κ1) is 29.3. The lowest BCUT2D eigenvalue weighted by Gasteiger charge is -2.35. The highest BCUT2D eigenvalue weighted by molar-refractivity contribution is 5.81. The van der Waals surface area contributed by atoms with Gasteiger partial charge in [0.15, 0.2) is 11.6 Å². The van der Waals surface area contributed by atoms with Crippen molar-refractivity contribution in [2.45, 2.75) is 64.5 Å². The Morgan fingerprint density at radius 1 is 1.02 bits per heavy atom. The normalized spacial score (nSPS) is 21.1. The molecule has 222 valence electrons. The number of halogens is 4. The fraction of sp³-hybridized carbons (Fsp3) is 0.581. The average molecular weight is 575 g/mol. The van der Waals surface area contributed by atoms with Crippen molar-refractivity contribution in [3.63, 3.8) is 0 Å². The number of aromatic nitrogens is 2. The Labute approximate surface area is 238 Å². The van der Waals surface area contributed by atoms with Crippen LogP contribution in [0.25, 0.3) is 5.57 Å². The summed E-state index contributed by atoms with van der Waals surface area (Å²) in [5.74, 6) is -0.706. The lowest BCUT2D eigenvalue weighted by atomic mass is 9.85. The third-order valence-electron chi connectivity index (χ3n) is 8.80. The first-order valence-electron chi connectivity index (χ1n) is 14.7. The summed E-state index contributed by atoms with van der Waals surface area (Å²) < 4.78 is 59.7. The van der Waals surface area contributed by atoms with E-state index in [1.807, 2.05) is 24.5 Å². The second-order valence-corrected chi connectivity index (χ2v) is 11.5. The summed E-state index contributed by atoms with van der Waals surface area (Å²) in [6.45, 7) is 4.51. The number of likely N-dealkylation sites (tertiary alicyclic amines) is 1. The molecule has 1 amide bonds. The number of anilines is 1. The highest BCUT2D eigenvalue weighted by atomic mass is 19.4. The van der Waals surface area contributed by atoms with Crippen LogP contribution in [0.3, 0.4) is 0 Å². The van der Waals surface area contributed by atoms with E-state index in [-0.39, 0.29) is 43.5 Å². The van der Waals surface area contributed by atoms with E-state index in [9.17, 15) is 22.4 Å². The van der Waals surface area contributed by atoms with Crippen LogP contribution < -0.4 is 9.64 Å². The standard InChI is InChI=1S/C31H38F4N4O2/c1-2-21-18-36-30(37-19-21)39-13-9-22(10-14-39)20-41-28-8-7-25(17-27(28)32)23-3-5-24(6-4-23)29(40)38-15-11-26(12-16-38)31(33,34)35/h3,7-8,17-19,22,24,26H,2,4-6,9-16,20H2,1H3. The van der Waals surface area contributed by atoms with Crippen LogP contribution in [0.4, 0.5) is 23.5 Å². The quantitative estimate of drug-likeness (QED) is 0.356. The van der Waals surface area contributed by atoms with E-state index in [2.05, 4.69) is 21.8 Å². The molecule has 0 spiro atoms. The second-order valence-electron chi connectivity index (χ2n) is 11.5. The van der Waals surface area contributed by atoms with Gasteiger partial charge in [-0.15, -0.1) is 0 Å². The molecule has 1 aromatic heterocycles. The van der Waals surface area contributed by atoms with Crippen molar-refractivity contribution in [1.82, 2.24) is 14.9 Å². The Balaban J connectivity index is 1.08. The molecule has 1 unspecified atom stereocenters. The maximum absolute atomic E-state index is 14.9. The van der Waals surface area contributed by atoms with Crippen molar-refractivity contribution < 1.29 is 27.1 Å². The summed E-state index contributed by atoms with van der Waals surface area (Å²) in [7, 11) is 0. The van der Waals surface area contributed by atoms with Gasteiger partial charge in [-0.25, -0.2) is 14.4 Å². The molecular formula is C31H38F4N4O2. The van der Waals surface area contributed by atoms with Gasteiger partial charge in [-0.05, 0) is 86.1 Å². The molecule has 5 rings (SSSR count). The van der Waals surface area contributed by atoms with Gasteiger partial charge in [0.1, 0.15) is 0 Å². The third-order valence-corrected chi connectivity index (χ3v) is 8.80. The fourth-order valence-corrected chi connectivity index (χ4v) is 6.02. The molecule has 2 fully saturated rings. The molecule has 2 aromatic rings. The molecule has 41 heavy (non-hydrogen) atoms. The Morgan fingerprint density at radius 2 is 1.73 bits per heavy atom. The van der Waals surface area contributed by atoms with E-state index in [1.54, 1.807) is 11.0 Å². The predicted molar refractivity (Wildman–Crippen MR) is 149 cm³/mol. The van der Waals surface area contributed by atoms with Crippen molar-refractivity contribution >= 4 is 17.4 Å². The van der Waals surface area contributed by atoms with Gasteiger partial charge in [0.05, 0.1) is 12.5 Å². The number of aryl methyl sites for hydroxylation is 1. The number of piperidine rings is 2. The van der Waals surface area contributed by atoms with Gasteiger partial charge in [0.2, 0.25) is 11.9 Å². The van der Waals surface area contributed by atoms with Crippen molar-refractivity contribution in [2.24, 2.45) is 17.8 Å². The number of hydrogen-bond acceptors (Lipinski definition) is 5. The number of rotatable bonds is 7. The van der Waals surface area contributed by atoms with Crippen LogP contribution in [0.2, 0.25) is 0 Å². The summed E-state index contributed by atoms with van der Waals surface area (Å²) in [5.41, 5.74) is 2.87. The summed E-state index contributed by atoms with van der Waals surface area (Å²) in [4.78, 5) is 25.6. The van der Waals surface area contributed by atoms with Gasteiger partial charge in [-0.1, -0.05) is 19.1 Å². The summed E-state index contributed by atoms with van der Waals surface area (Å²) in [5, 5.41) is 0. The highest BCUT2D eigenvalue weighted by Gasteiger charge is 2.42. The van der Waals surface area contributed by atoms with Crippen molar-refractivity contribution in [2.75, 3.05) is 37.7 Å². The van der Waals surface area contributed by atoms with Crippen LogP contribution in [0, 0.1) is 23.6 Å². The molecule has 2 aliphatic heterocycles. The van der Waals surface area contributed by atoms with Gasteiger partial charge in [-0.2, -0.15) is 13.2 Å². The smallest absolute Gasteiger partial charge is 0.391 e. The number of hydrogen-bond donors (Lipinski definition) is 0. The van der Waals surface area contributed by atoms with E-state index >= 15 is 0 Å². The molecule has 1 aromatic carbocycles. The maximum Gasteiger partial charge on any atom is 0.391 e. The molecular weight excluding hydrogens is 536 g/mol. The van der Waals surface area contributed by atoms with Gasteiger partial charge in [-0.3, -0.25) is 4.79 Å². The van der Waals surface area contributed by atoms with Crippen LogP contribution in [0.1, 0.15) is 63.0 Å². The Kier molecular flexibility index (Phi) is 9.14. The molecule has 3 aliphatic rings. The molecule has 1 aliphatic carbocycles. The lowest BCUT2D eigenvalue weighted by Crippen LogP contribution is -2.44. The van der Waals surface area contributed by atoms with E-state index in [4.69, 9.17) is 4.74 Å². The zero-order valence-corrected chi connectivity index (χ0v) is 23.5. The van der Waals surface area contributed by atoms with Crippen LogP contribution in [0.15, 0.2) is 36.7 Å². The fourth-order valence-electron chi connectivity index (χ4n) is 6.02. The number of benzene rings is 1. The summed E-state index contributed by atoms with van der Waals surface area (Å²) >= 11 is 0. The van der Waals surface area contributed by atoms with Crippen molar-refractivity contribution in [3.8, 4) is 5.75 Å². The minimum Gasteiger partial charge on any atom is -0.490 e. The number of alkyl halides is 3. The monoisotopic (exact) mass is 574 g/mol. The van der Waals surface area contributed by atoms with Crippen LogP contribution in [-0.4, -0.2) is 59.7 Å². The van der Waals surface area contributed by atoms with E-state index in [0.29, 0.717) is 31.8 Å². The van der Waals surface area contributed by atoms with Crippen molar-refractivity contribution in [1.29, 1.82) is 0 Å². The molecule has 0 radical (unpaired) electrons. The van der Waals surface area contributed by atoms with E-state index in [1.165, 1.54) is 6.07 Å². The highest BCUT2D eigenvalue weighted by Crippen LogP contribution is 2.37. The molecule has 6 nitrogen and oxygen atoms in total. The minimum atomic E-state index is -4.19. The molecule has 2 saturated heterocycles. The summed E-state index contributed by atoms with van der Waals surface area (Å²) in [6, 6.07) is 5.02. The number of nitrogens with zero attached hydrogens (tertiary/aromatic N) is 4. The zero-order valence-electron chi connectivity index (χ0n) is 23.5. The largest absolute Gasteiger partial charge is 0.490 e. The predicted octanol–water partition coefficient (Wildman–Crippen LogP) is 6.46. The minimum absolute atomic E-state index is 0.0294. The third kappa shape index (κ3) is 7.19. The number of carbonyl (C=O) groups is 1. The van der Waals surface area contributed by atoms with Crippen LogP contribution >= 0.6 is 0 Å². The van der Waals surface area contributed by atoms with Gasteiger partial charge in [0, 0.05) is 44.5 Å². The molecule has 0 bridgehead atoms. The molecule has 0 saturated carbocycles. The maximum atomic E-state index is 14.9. The Bertz CT molecular complexity index is 1220. The van der Waals surface area contributed by atoms with Gasteiger partial charge in [0.25, 0.3) is 0 Å². The summed E-state index contributed by atoms with van der Waals surface area (Å²) in [6.07, 6.45) is 5.97. The Morgan fingerprint density at radius 3 is 2.32 bits per heavy atom. The number of carbonyl (C=O) groups excluding carboxylic acids is 1. The van der Waals surface area contributed by atoms with Crippen molar-refractivity contribution in [3.05, 3.63) is 53.6 Å². The van der Waals surface area contributed by atoms with Crippen LogP contribution in [0.5, 0.6) is 5.75 Å². The zero-order chi connectivity index (χ0) is 29.0. The molecule has 3 heterocycles.